The third-order valence-electron chi connectivity index (χ3n) is 2.23. The molecule has 0 saturated heterocycles. The lowest BCUT2D eigenvalue weighted by molar-refractivity contribution is 0.0994. The normalized spacial score (nSPS) is 14.8. The fraction of sp³-hybridized carbons (Fsp3) is 0.222. The highest BCUT2D eigenvalue weighted by Gasteiger charge is 2.20. The second-order valence-corrected chi connectivity index (χ2v) is 3.06. The van der Waals surface area contributed by atoms with Gasteiger partial charge >= 0.3 is 0 Å². The maximum absolute atomic E-state index is 11.2. The summed E-state index contributed by atoms with van der Waals surface area (Å²) in [5.41, 5.74) is 14.0. The summed E-state index contributed by atoms with van der Waals surface area (Å²) in [6, 6.07) is 3.48. The van der Waals surface area contributed by atoms with E-state index < -0.39 is 0 Å². The van der Waals surface area contributed by atoms with Gasteiger partial charge in [-0.3, -0.25) is 4.79 Å². The van der Waals surface area contributed by atoms with Crippen LogP contribution in [0.3, 0.4) is 0 Å². The number of anilines is 2. The molecule has 12 heavy (non-hydrogen) atoms. The molecule has 1 aliphatic rings. The van der Waals surface area contributed by atoms with Crippen LogP contribution in [0.5, 0.6) is 0 Å². The summed E-state index contributed by atoms with van der Waals surface area (Å²) in [5.74, 6) is 0.178. The van der Waals surface area contributed by atoms with Crippen molar-refractivity contribution in [1.29, 1.82) is 0 Å². The second-order valence-electron chi connectivity index (χ2n) is 3.06. The van der Waals surface area contributed by atoms with Crippen LogP contribution >= 0.6 is 0 Å². The van der Waals surface area contributed by atoms with E-state index in [2.05, 4.69) is 0 Å². The molecule has 0 amide bonds. The van der Waals surface area contributed by atoms with E-state index in [1.54, 1.807) is 12.1 Å². The highest BCUT2D eigenvalue weighted by molar-refractivity contribution is 6.02. The lowest BCUT2D eigenvalue weighted by Gasteiger charge is -2.02. The minimum Gasteiger partial charge on any atom is -0.397 e. The Morgan fingerprint density at radius 2 is 1.75 bits per heavy atom. The van der Waals surface area contributed by atoms with Gasteiger partial charge in [0, 0.05) is 12.0 Å². The van der Waals surface area contributed by atoms with Gasteiger partial charge in [-0.1, -0.05) is 0 Å². The van der Waals surface area contributed by atoms with Crippen molar-refractivity contribution in [2.75, 3.05) is 11.5 Å². The molecule has 0 unspecified atom stereocenters. The van der Waals surface area contributed by atoms with Gasteiger partial charge in [-0.2, -0.15) is 0 Å². The van der Waals surface area contributed by atoms with Crippen LogP contribution in [0, 0.1) is 0 Å². The molecule has 0 atom stereocenters. The topological polar surface area (TPSA) is 69.1 Å². The summed E-state index contributed by atoms with van der Waals surface area (Å²) in [4.78, 5) is 11.2. The fourth-order valence-electron chi connectivity index (χ4n) is 1.53. The zero-order chi connectivity index (χ0) is 8.72. The smallest absolute Gasteiger partial charge is 0.163 e. The Balaban J connectivity index is 2.63. The summed E-state index contributed by atoms with van der Waals surface area (Å²) in [6.45, 7) is 0. The molecule has 0 bridgehead atoms. The Bertz CT molecular complexity index is 358. The van der Waals surface area contributed by atoms with Gasteiger partial charge in [0.05, 0.1) is 11.4 Å². The van der Waals surface area contributed by atoms with E-state index in [1.165, 1.54) is 0 Å². The molecule has 0 aromatic heterocycles. The number of hydrogen-bond donors (Lipinski definition) is 2. The van der Waals surface area contributed by atoms with E-state index in [9.17, 15) is 4.79 Å². The number of carbonyl (C=O) groups excluding carboxylic acids is 1. The van der Waals surface area contributed by atoms with Gasteiger partial charge in [0.2, 0.25) is 0 Å². The minimum atomic E-state index is 0.178. The number of fused-ring (bicyclic) bond motifs is 1. The maximum atomic E-state index is 11.2. The summed E-state index contributed by atoms with van der Waals surface area (Å²) in [5, 5.41) is 0. The number of nitrogen functional groups attached to an aromatic ring is 2. The maximum Gasteiger partial charge on any atom is 0.163 e. The number of ketones is 1. The Labute approximate surface area is 70.4 Å². The predicted molar refractivity (Wildman–Crippen MR) is 47.9 cm³/mol. The summed E-state index contributed by atoms with van der Waals surface area (Å²) >= 11 is 0. The van der Waals surface area contributed by atoms with Crippen LogP contribution < -0.4 is 11.5 Å². The average molecular weight is 162 g/mol. The molecule has 0 radical (unpaired) electrons. The van der Waals surface area contributed by atoms with Crippen LogP contribution in [-0.4, -0.2) is 5.78 Å². The zero-order valence-electron chi connectivity index (χ0n) is 6.63. The van der Waals surface area contributed by atoms with Crippen molar-refractivity contribution in [3.05, 3.63) is 23.3 Å². The van der Waals surface area contributed by atoms with Gasteiger partial charge in [0.15, 0.2) is 5.78 Å². The Kier molecular flexibility index (Phi) is 1.33. The van der Waals surface area contributed by atoms with E-state index in [1.807, 2.05) is 0 Å². The van der Waals surface area contributed by atoms with E-state index in [-0.39, 0.29) is 5.78 Å². The highest BCUT2D eigenvalue weighted by Crippen LogP contribution is 2.27. The largest absolute Gasteiger partial charge is 0.397 e. The molecule has 0 heterocycles. The molecule has 1 aromatic rings. The van der Waals surface area contributed by atoms with Crippen LogP contribution in [0.4, 0.5) is 11.4 Å². The quantitative estimate of drug-likeness (QED) is 0.559. The Morgan fingerprint density at radius 3 is 2.50 bits per heavy atom. The first-order valence-corrected chi connectivity index (χ1v) is 3.89. The first-order valence-electron chi connectivity index (χ1n) is 3.89. The SMILES string of the molecule is Nc1cc2c(cc1N)C(=O)CC2. The number of rotatable bonds is 0. The van der Waals surface area contributed by atoms with Crippen LogP contribution in [0.1, 0.15) is 22.3 Å². The molecule has 62 valence electrons. The number of hydrogen-bond acceptors (Lipinski definition) is 3. The van der Waals surface area contributed by atoms with Gasteiger partial charge in [-0.05, 0) is 24.1 Å². The zero-order valence-corrected chi connectivity index (χ0v) is 6.63. The summed E-state index contributed by atoms with van der Waals surface area (Å²) in [7, 11) is 0. The van der Waals surface area contributed by atoms with Crippen LogP contribution in [-0.2, 0) is 6.42 Å². The molecular formula is C9H10N2O. The minimum absolute atomic E-state index is 0.178. The molecule has 0 saturated carbocycles. The van der Waals surface area contributed by atoms with Gasteiger partial charge in [-0.25, -0.2) is 0 Å². The van der Waals surface area contributed by atoms with Crippen LogP contribution in [0.25, 0.3) is 0 Å². The third kappa shape index (κ3) is 0.863. The predicted octanol–water partition coefficient (Wildman–Crippen LogP) is 0.980. The standard InChI is InChI=1S/C9H10N2O/c10-7-3-5-1-2-9(12)6(5)4-8(7)11/h3-4H,1-2,10-11H2. The lowest BCUT2D eigenvalue weighted by atomic mass is 10.1. The molecular weight excluding hydrogens is 152 g/mol. The van der Waals surface area contributed by atoms with E-state index in [0.717, 1.165) is 17.5 Å². The van der Waals surface area contributed by atoms with Gasteiger partial charge in [0.25, 0.3) is 0 Å². The first-order chi connectivity index (χ1) is 5.68. The Hall–Kier alpha value is -1.51. The lowest BCUT2D eigenvalue weighted by Crippen LogP contribution is -1.98. The van der Waals surface area contributed by atoms with Crippen LogP contribution in [0.2, 0.25) is 0 Å². The average Bonchev–Trinajstić information content (AvgIpc) is 2.35. The molecule has 3 heteroatoms. The highest BCUT2D eigenvalue weighted by atomic mass is 16.1. The molecule has 4 N–H and O–H groups in total. The number of Topliss-reactive ketones (excluding diaryl/α,β-unsaturated/α-hetero) is 1. The molecule has 0 spiro atoms. The van der Waals surface area contributed by atoms with Crippen molar-refractivity contribution in [3.8, 4) is 0 Å². The number of nitrogens with two attached hydrogens (primary N) is 2. The van der Waals surface area contributed by atoms with E-state index in [4.69, 9.17) is 11.5 Å². The number of benzene rings is 1. The number of aryl methyl sites for hydroxylation is 1. The fourth-order valence-corrected chi connectivity index (χ4v) is 1.53. The molecule has 0 aliphatic heterocycles. The van der Waals surface area contributed by atoms with Crippen LogP contribution in [0.15, 0.2) is 12.1 Å². The van der Waals surface area contributed by atoms with E-state index in [0.29, 0.717) is 17.8 Å². The van der Waals surface area contributed by atoms with Crippen molar-refractivity contribution in [1.82, 2.24) is 0 Å². The number of carbonyl (C=O) groups is 1. The van der Waals surface area contributed by atoms with E-state index >= 15 is 0 Å². The van der Waals surface area contributed by atoms with Crippen molar-refractivity contribution < 1.29 is 4.79 Å². The van der Waals surface area contributed by atoms with Gasteiger partial charge in [0.1, 0.15) is 0 Å². The first kappa shape index (κ1) is 7.16. The molecule has 1 aliphatic carbocycles. The van der Waals surface area contributed by atoms with Crippen molar-refractivity contribution in [2.45, 2.75) is 12.8 Å². The Morgan fingerprint density at radius 1 is 1.08 bits per heavy atom. The van der Waals surface area contributed by atoms with Crippen molar-refractivity contribution >= 4 is 17.2 Å². The summed E-state index contributed by atoms with van der Waals surface area (Å²) < 4.78 is 0. The molecule has 0 fully saturated rings. The van der Waals surface area contributed by atoms with Gasteiger partial charge < -0.3 is 11.5 Å². The molecule has 2 rings (SSSR count). The monoisotopic (exact) mass is 162 g/mol. The molecule has 3 nitrogen and oxygen atoms in total. The van der Waals surface area contributed by atoms with Crippen molar-refractivity contribution in [2.24, 2.45) is 0 Å². The summed E-state index contributed by atoms with van der Waals surface area (Å²) in [6.07, 6.45) is 1.40. The third-order valence-corrected chi connectivity index (χ3v) is 2.23. The van der Waals surface area contributed by atoms with Crippen molar-refractivity contribution in [3.63, 3.8) is 0 Å². The van der Waals surface area contributed by atoms with Gasteiger partial charge in [-0.15, -0.1) is 0 Å². The molecule has 1 aromatic carbocycles. The second kappa shape index (κ2) is 2.24.